The topological polar surface area (TPSA) is 24.9 Å². The molecule has 0 spiro atoms. The molecule has 4 heteroatoms. The van der Waals surface area contributed by atoms with Crippen LogP contribution in [0.3, 0.4) is 0 Å². The Kier molecular flexibility index (Phi) is 20.5. The molecule has 4 nitrogen and oxygen atoms in total. The van der Waals surface area contributed by atoms with Crippen molar-refractivity contribution in [3.05, 3.63) is 0 Å². The van der Waals surface area contributed by atoms with Crippen LogP contribution in [0.15, 0.2) is 0 Å². The monoisotopic (exact) mass is 426 g/mol. The van der Waals surface area contributed by atoms with Crippen LogP contribution in [-0.4, -0.2) is 62.7 Å². The van der Waals surface area contributed by atoms with Gasteiger partial charge in [0, 0.05) is 39.4 Å². The molecule has 1 rings (SSSR count). The summed E-state index contributed by atoms with van der Waals surface area (Å²) in [6.07, 6.45) is 21.8. The van der Waals surface area contributed by atoms with Crippen molar-refractivity contribution in [2.75, 3.05) is 52.9 Å². The maximum absolute atomic E-state index is 5.90. The zero-order valence-electron chi connectivity index (χ0n) is 20.7. The second-order valence-corrected chi connectivity index (χ2v) is 9.26. The fourth-order valence-corrected chi connectivity index (χ4v) is 4.11. The van der Waals surface area contributed by atoms with Crippen molar-refractivity contribution < 1.29 is 9.47 Å². The summed E-state index contributed by atoms with van der Waals surface area (Å²) in [5, 5.41) is 0. The first-order chi connectivity index (χ1) is 14.9. The fourth-order valence-electron chi connectivity index (χ4n) is 4.11. The third-order valence-electron chi connectivity index (χ3n) is 6.30. The quantitative estimate of drug-likeness (QED) is 0.177. The van der Waals surface area contributed by atoms with Crippen molar-refractivity contribution in [3.63, 3.8) is 0 Å². The smallest absolute Gasteiger partial charge is 0.0991 e. The van der Waals surface area contributed by atoms with Gasteiger partial charge < -0.3 is 9.47 Å². The SMILES string of the molecule is CCCCCCCCCCOCN1CCN(COCCCCCCCCCC)CC1. The molecule has 0 saturated carbocycles. The summed E-state index contributed by atoms with van der Waals surface area (Å²) in [7, 11) is 0. The summed E-state index contributed by atoms with van der Waals surface area (Å²) in [5.74, 6) is 0. The highest BCUT2D eigenvalue weighted by atomic mass is 16.5. The Bertz CT molecular complexity index is 301. The minimum absolute atomic E-state index is 0.809. The molecule has 180 valence electrons. The molecule has 1 saturated heterocycles. The van der Waals surface area contributed by atoms with Gasteiger partial charge in [0.2, 0.25) is 0 Å². The highest BCUT2D eigenvalue weighted by molar-refractivity contribution is 4.68. The van der Waals surface area contributed by atoms with Crippen LogP contribution in [0.25, 0.3) is 0 Å². The molecule has 30 heavy (non-hydrogen) atoms. The van der Waals surface area contributed by atoms with E-state index in [1.165, 1.54) is 103 Å². The lowest BCUT2D eigenvalue weighted by atomic mass is 10.1. The van der Waals surface area contributed by atoms with Crippen molar-refractivity contribution >= 4 is 0 Å². The average molecular weight is 427 g/mol. The van der Waals surface area contributed by atoms with Crippen LogP contribution in [0.5, 0.6) is 0 Å². The highest BCUT2D eigenvalue weighted by Gasteiger charge is 2.16. The van der Waals surface area contributed by atoms with E-state index in [0.717, 1.165) is 52.9 Å². The molecule has 0 N–H and O–H groups in total. The first-order valence-corrected chi connectivity index (χ1v) is 13.5. The molecule has 1 heterocycles. The van der Waals surface area contributed by atoms with Crippen LogP contribution in [0.2, 0.25) is 0 Å². The second kappa shape index (κ2) is 22.0. The molecule has 0 aliphatic carbocycles. The van der Waals surface area contributed by atoms with E-state index in [1.54, 1.807) is 0 Å². The summed E-state index contributed by atoms with van der Waals surface area (Å²) < 4.78 is 11.8. The number of ether oxygens (including phenoxy) is 2. The molecule has 0 radical (unpaired) electrons. The van der Waals surface area contributed by atoms with Crippen LogP contribution in [0, 0.1) is 0 Å². The van der Waals surface area contributed by atoms with Crippen molar-refractivity contribution in [2.24, 2.45) is 0 Å². The van der Waals surface area contributed by atoms with Gasteiger partial charge in [-0.1, -0.05) is 104 Å². The van der Waals surface area contributed by atoms with Crippen molar-refractivity contribution in [3.8, 4) is 0 Å². The number of rotatable bonds is 22. The minimum Gasteiger partial charge on any atom is -0.366 e. The van der Waals surface area contributed by atoms with Crippen molar-refractivity contribution in [1.82, 2.24) is 9.80 Å². The summed E-state index contributed by atoms with van der Waals surface area (Å²) in [5.41, 5.74) is 0. The first-order valence-electron chi connectivity index (χ1n) is 13.5. The van der Waals surface area contributed by atoms with Crippen LogP contribution in [0.1, 0.15) is 117 Å². The maximum Gasteiger partial charge on any atom is 0.0991 e. The van der Waals surface area contributed by atoms with Gasteiger partial charge in [-0.05, 0) is 12.8 Å². The van der Waals surface area contributed by atoms with Gasteiger partial charge in [-0.15, -0.1) is 0 Å². The predicted octanol–water partition coefficient (Wildman–Crippen LogP) is 6.83. The van der Waals surface area contributed by atoms with Gasteiger partial charge in [-0.3, -0.25) is 9.80 Å². The van der Waals surface area contributed by atoms with Gasteiger partial charge in [-0.2, -0.15) is 0 Å². The fraction of sp³-hybridized carbons (Fsp3) is 1.00. The predicted molar refractivity (Wildman–Crippen MR) is 130 cm³/mol. The Morgan fingerprint density at radius 2 is 0.733 bits per heavy atom. The molecule has 0 aromatic carbocycles. The molecule has 1 aliphatic rings. The number of piperazine rings is 1. The highest BCUT2D eigenvalue weighted by Crippen LogP contribution is 2.10. The van der Waals surface area contributed by atoms with E-state index in [-0.39, 0.29) is 0 Å². The Hall–Kier alpha value is -0.160. The van der Waals surface area contributed by atoms with E-state index in [1.807, 2.05) is 0 Å². The maximum atomic E-state index is 5.90. The summed E-state index contributed by atoms with van der Waals surface area (Å²) >= 11 is 0. The Balaban J connectivity index is 1.80. The van der Waals surface area contributed by atoms with Gasteiger partial charge in [0.15, 0.2) is 0 Å². The zero-order valence-corrected chi connectivity index (χ0v) is 20.7. The van der Waals surface area contributed by atoms with Crippen molar-refractivity contribution in [2.45, 2.75) is 117 Å². The average Bonchev–Trinajstić information content (AvgIpc) is 2.77. The van der Waals surface area contributed by atoms with E-state index in [2.05, 4.69) is 23.6 Å². The van der Waals surface area contributed by atoms with E-state index < -0.39 is 0 Å². The van der Waals surface area contributed by atoms with Crippen LogP contribution in [-0.2, 0) is 9.47 Å². The molecule has 1 fully saturated rings. The molecule has 0 aromatic rings. The standard InChI is InChI=1S/C26H54N2O2/c1-3-5-7-9-11-13-15-17-23-29-25-27-19-21-28(22-20-27)26-30-24-18-16-14-12-10-8-6-4-2/h3-26H2,1-2H3. The minimum atomic E-state index is 0.809. The van der Waals surface area contributed by atoms with Gasteiger partial charge in [0.25, 0.3) is 0 Å². The lowest BCUT2D eigenvalue weighted by Gasteiger charge is -2.34. The number of hydrogen-bond donors (Lipinski definition) is 0. The molecule has 0 bridgehead atoms. The van der Waals surface area contributed by atoms with Gasteiger partial charge in [0.05, 0.1) is 13.5 Å². The molecule has 0 atom stereocenters. The molecule has 0 unspecified atom stereocenters. The van der Waals surface area contributed by atoms with Crippen molar-refractivity contribution in [1.29, 1.82) is 0 Å². The molecule has 0 amide bonds. The van der Waals surface area contributed by atoms with E-state index in [9.17, 15) is 0 Å². The lowest BCUT2D eigenvalue weighted by molar-refractivity contribution is -0.0332. The largest absolute Gasteiger partial charge is 0.366 e. The Morgan fingerprint density at radius 1 is 0.433 bits per heavy atom. The van der Waals surface area contributed by atoms with Gasteiger partial charge in [0.1, 0.15) is 0 Å². The van der Waals surface area contributed by atoms with E-state index >= 15 is 0 Å². The Labute approximate surface area is 189 Å². The third-order valence-corrected chi connectivity index (χ3v) is 6.30. The normalized spacial score (nSPS) is 15.8. The molecule has 0 aromatic heterocycles. The summed E-state index contributed by atoms with van der Waals surface area (Å²) in [6.45, 7) is 12.5. The van der Waals surface area contributed by atoms with Crippen LogP contribution >= 0.6 is 0 Å². The van der Waals surface area contributed by atoms with Gasteiger partial charge >= 0.3 is 0 Å². The van der Waals surface area contributed by atoms with E-state index in [0.29, 0.717) is 0 Å². The molecular formula is C26H54N2O2. The number of unbranched alkanes of at least 4 members (excludes halogenated alkanes) is 14. The first kappa shape index (κ1) is 27.9. The van der Waals surface area contributed by atoms with Gasteiger partial charge in [-0.25, -0.2) is 0 Å². The van der Waals surface area contributed by atoms with Crippen LogP contribution < -0.4 is 0 Å². The second-order valence-electron chi connectivity index (χ2n) is 9.26. The lowest BCUT2D eigenvalue weighted by Crippen LogP contribution is -2.47. The molecule has 1 aliphatic heterocycles. The third kappa shape index (κ3) is 17.5. The number of hydrogen-bond acceptors (Lipinski definition) is 4. The summed E-state index contributed by atoms with van der Waals surface area (Å²) in [4.78, 5) is 4.89. The van der Waals surface area contributed by atoms with E-state index in [4.69, 9.17) is 9.47 Å². The molecular weight excluding hydrogens is 372 g/mol. The summed E-state index contributed by atoms with van der Waals surface area (Å²) in [6, 6.07) is 0. The van der Waals surface area contributed by atoms with Crippen LogP contribution in [0.4, 0.5) is 0 Å². The number of nitrogens with zero attached hydrogens (tertiary/aromatic N) is 2. The zero-order chi connectivity index (χ0) is 21.5. The Morgan fingerprint density at radius 3 is 1.07 bits per heavy atom.